The first-order valence-corrected chi connectivity index (χ1v) is 21.7. The van der Waals surface area contributed by atoms with E-state index in [2.05, 4.69) is 20.7 Å². The third-order valence-corrected chi connectivity index (χ3v) is 15.8. The SMILES string of the molecule is C#Cc1ccc2[nH]c3c(c2c1)CCN1CC(C(C)(F)F)C[C@@H](C1)C[C@]3(C(=O)OC)c1cc2c(cc1OC)N(C)[C@H]1[C@@](O)(C(=O)OC)[C@H](OC(C)=O)[C@]3(CC)C=CCN4CC[C@]21[C@@H]43. The van der Waals surface area contributed by atoms with Crippen LogP contribution in [0.15, 0.2) is 42.5 Å². The number of terminal acetylenes is 1. The van der Waals surface area contributed by atoms with Gasteiger partial charge in [0, 0.05) is 102 Å². The Morgan fingerprint density at radius 2 is 1.81 bits per heavy atom. The van der Waals surface area contributed by atoms with E-state index in [-0.39, 0.29) is 31.3 Å². The van der Waals surface area contributed by atoms with Crippen LogP contribution >= 0.6 is 0 Å². The van der Waals surface area contributed by atoms with Gasteiger partial charge < -0.3 is 38.8 Å². The van der Waals surface area contributed by atoms with Crippen molar-refractivity contribution in [3.63, 3.8) is 0 Å². The van der Waals surface area contributed by atoms with Crippen molar-refractivity contribution in [3.05, 3.63) is 70.4 Å². The lowest BCUT2D eigenvalue weighted by Crippen LogP contribution is -2.81. The monoisotopic (exact) mass is 854 g/mol. The number of hydrogen-bond acceptors (Lipinski definition) is 11. The zero-order valence-corrected chi connectivity index (χ0v) is 36.5. The maximum absolute atomic E-state index is 15.4. The zero-order valence-electron chi connectivity index (χ0n) is 36.5. The molecule has 1 aromatic heterocycles. The van der Waals surface area contributed by atoms with Gasteiger partial charge in [-0.1, -0.05) is 25.0 Å². The number of ether oxygens (including phenoxy) is 4. The number of halogens is 2. The molecule has 1 spiro atoms. The second-order valence-corrected chi connectivity index (χ2v) is 18.7. The van der Waals surface area contributed by atoms with Crippen molar-refractivity contribution < 1.29 is 47.2 Å². The number of hydrogen-bond donors (Lipinski definition) is 2. The molecule has 2 aromatic carbocycles. The van der Waals surface area contributed by atoms with Gasteiger partial charge in [-0.05, 0) is 86.9 Å². The van der Waals surface area contributed by atoms with Crippen molar-refractivity contribution in [2.45, 2.75) is 93.4 Å². The van der Waals surface area contributed by atoms with Gasteiger partial charge in [0.15, 0.2) is 6.10 Å². The van der Waals surface area contributed by atoms with Crippen molar-refractivity contribution in [3.8, 4) is 18.1 Å². The number of nitrogens with zero attached hydrogens (tertiary/aromatic N) is 3. The number of carbonyl (C=O) groups excluding carboxylic acids is 3. The Labute approximate surface area is 360 Å². The highest BCUT2D eigenvalue weighted by Crippen LogP contribution is 2.68. The van der Waals surface area contributed by atoms with Crippen LogP contribution in [0.1, 0.15) is 74.4 Å². The Hall–Kier alpha value is -4.97. The second-order valence-electron chi connectivity index (χ2n) is 18.7. The Balaban J connectivity index is 1.37. The molecule has 0 amide bonds. The number of aliphatic hydroxyl groups is 1. The van der Waals surface area contributed by atoms with E-state index in [1.54, 1.807) is 0 Å². The number of alkyl halides is 2. The first kappa shape index (κ1) is 42.3. The lowest BCUT2D eigenvalue weighted by molar-refractivity contribution is -0.228. The van der Waals surface area contributed by atoms with E-state index in [1.165, 1.54) is 28.3 Å². The highest BCUT2D eigenvalue weighted by atomic mass is 19.3. The number of H-pyrrole nitrogens is 1. The summed E-state index contributed by atoms with van der Waals surface area (Å²) in [6, 6.07) is 8.15. The lowest BCUT2D eigenvalue weighted by Gasteiger charge is -2.63. The molecule has 2 saturated heterocycles. The number of rotatable bonds is 7. The number of likely N-dealkylation sites (N-methyl/N-ethyl adjacent to an activating group) is 1. The fraction of sp³-hybridized carbons (Fsp3) is 0.562. The molecule has 12 nitrogen and oxygen atoms in total. The van der Waals surface area contributed by atoms with Crippen molar-refractivity contribution in [2.24, 2.45) is 17.3 Å². The van der Waals surface area contributed by atoms with E-state index in [0.29, 0.717) is 73.7 Å². The highest BCUT2D eigenvalue weighted by molar-refractivity contribution is 5.95. The normalized spacial score (nSPS) is 34.7. The van der Waals surface area contributed by atoms with Crippen LogP contribution in [0.3, 0.4) is 0 Å². The average molecular weight is 855 g/mol. The second kappa shape index (κ2) is 14.5. The van der Waals surface area contributed by atoms with Crippen molar-refractivity contribution >= 4 is 34.5 Å². The fourth-order valence-corrected chi connectivity index (χ4v) is 13.6. The first-order valence-electron chi connectivity index (χ1n) is 21.7. The molecule has 5 aliphatic heterocycles. The van der Waals surface area contributed by atoms with Crippen LogP contribution < -0.4 is 9.64 Å². The Bertz CT molecular complexity index is 2440. The summed E-state index contributed by atoms with van der Waals surface area (Å²) in [6.45, 7) is 6.62. The fourth-order valence-electron chi connectivity index (χ4n) is 13.6. The number of aromatic nitrogens is 1. The molecule has 1 saturated carbocycles. The molecule has 6 heterocycles. The molecule has 2 bridgehead atoms. The van der Waals surface area contributed by atoms with Crippen molar-refractivity contribution in [1.29, 1.82) is 0 Å². The Kier molecular flexibility index (Phi) is 9.93. The molecule has 3 fully saturated rings. The molecule has 2 N–H and O–H groups in total. The molecular weight excluding hydrogens is 799 g/mol. The number of methoxy groups -OCH3 is 3. The quantitative estimate of drug-likeness (QED) is 0.142. The molecule has 9 rings (SSSR count). The van der Waals surface area contributed by atoms with Gasteiger partial charge in [-0.2, -0.15) is 0 Å². The van der Waals surface area contributed by atoms with E-state index >= 15 is 13.6 Å². The van der Waals surface area contributed by atoms with E-state index in [0.717, 1.165) is 29.0 Å². The topological polar surface area (TPSA) is 134 Å². The summed E-state index contributed by atoms with van der Waals surface area (Å²) >= 11 is 0. The van der Waals surface area contributed by atoms with Gasteiger partial charge in [0.1, 0.15) is 11.2 Å². The van der Waals surface area contributed by atoms with E-state index in [1.807, 2.05) is 61.4 Å². The molecule has 1 aliphatic carbocycles. The van der Waals surface area contributed by atoms with Crippen LogP contribution in [0.2, 0.25) is 0 Å². The summed E-state index contributed by atoms with van der Waals surface area (Å²) in [5.41, 5.74) is -1.27. The van der Waals surface area contributed by atoms with Crippen LogP contribution in [0, 0.1) is 29.6 Å². The molecular formula is C48H56F2N4O8. The van der Waals surface area contributed by atoms with Gasteiger partial charge in [0.05, 0.1) is 27.4 Å². The van der Waals surface area contributed by atoms with E-state index < -0.39 is 63.7 Å². The van der Waals surface area contributed by atoms with Crippen molar-refractivity contribution in [2.75, 3.05) is 66.0 Å². The van der Waals surface area contributed by atoms with Gasteiger partial charge in [-0.25, -0.2) is 13.6 Å². The summed E-state index contributed by atoms with van der Waals surface area (Å²) < 4.78 is 54.6. The molecule has 0 radical (unpaired) electrons. The number of nitrogens with one attached hydrogen (secondary N) is 1. The van der Waals surface area contributed by atoms with Gasteiger partial charge in [-0.3, -0.25) is 14.5 Å². The minimum Gasteiger partial charge on any atom is -0.496 e. The Morgan fingerprint density at radius 3 is 2.47 bits per heavy atom. The van der Waals surface area contributed by atoms with Crippen molar-refractivity contribution in [1.82, 2.24) is 14.8 Å². The minimum atomic E-state index is -2.96. The average Bonchev–Trinajstić information content (AvgIpc) is 3.91. The molecule has 3 aromatic rings. The van der Waals surface area contributed by atoms with Gasteiger partial charge in [0.25, 0.3) is 0 Å². The number of carbonyl (C=O) groups is 3. The predicted molar refractivity (Wildman–Crippen MR) is 227 cm³/mol. The van der Waals surface area contributed by atoms with Crippen LogP contribution in [0.4, 0.5) is 14.5 Å². The zero-order chi connectivity index (χ0) is 44.3. The van der Waals surface area contributed by atoms with Crippen LogP contribution in [0.25, 0.3) is 10.9 Å². The van der Waals surface area contributed by atoms with Gasteiger partial charge in [0.2, 0.25) is 11.5 Å². The van der Waals surface area contributed by atoms with E-state index in [9.17, 15) is 14.7 Å². The third-order valence-electron chi connectivity index (χ3n) is 15.8. The summed E-state index contributed by atoms with van der Waals surface area (Å²) in [7, 11) is 5.91. The number of benzene rings is 2. The van der Waals surface area contributed by atoms with E-state index in [4.69, 9.17) is 25.4 Å². The maximum Gasteiger partial charge on any atom is 0.344 e. The number of aromatic amines is 1. The maximum atomic E-state index is 15.4. The van der Waals surface area contributed by atoms with Gasteiger partial charge in [-0.15, -0.1) is 6.42 Å². The predicted octanol–water partition coefficient (Wildman–Crippen LogP) is 5.10. The third kappa shape index (κ3) is 5.56. The molecule has 6 aliphatic rings. The first-order chi connectivity index (χ1) is 29.5. The summed E-state index contributed by atoms with van der Waals surface area (Å²) in [6.07, 6.45) is 10.3. The molecule has 330 valence electrons. The lowest BCUT2D eigenvalue weighted by atomic mass is 9.47. The molecule has 14 heteroatoms. The minimum absolute atomic E-state index is 0.115. The standard InChI is InChI=1S/C48H56F2N4O8/c1-9-28-12-13-35-32(21-28)31-14-18-53-25-29(20-30(26-53)44(4,49)50)24-47(38(31)51-35,42(56)60-7)34-22-33-36(23-37(34)59-6)52(5)40-46(33)16-19-54-17-11-15-45(10-2,39(46)54)41(62-27(3)55)48(40,58)43(57)61-8/h1,11-13,15,21-23,29-30,39-41,51,58H,10,14,16-20,24-26H2,2-8H3/t29-,30?,39+,40-,41-,45-,46-,47+,48+/m1/s1. The van der Waals surface area contributed by atoms with Crippen LogP contribution in [-0.2, 0) is 45.8 Å². The molecule has 10 atom stereocenters. The largest absolute Gasteiger partial charge is 0.496 e. The molecule has 62 heavy (non-hydrogen) atoms. The molecule has 2 unspecified atom stereocenters. The number of piperidine rings is 1. The number of fused-ring (bicyclic) bond motifs is 6. The summed E-state index contributed by atoms with van der Waals surface area (Å²) in [4.78, 5) is 52.8. The Morgan fingerprint density at radius 1 is 1.05 bits per heavy atom. The number of anilines is 1. The number of esters is 3. The smallest absolute Gasteiger partial charge is 0.344 e. The van der Waals surface area contributed by atoms with Crippen LogP contribution in [-0.4, -0.2) is 129 Å². The summed E-state index contributed by atoms with van der Waals surface area (Å²) in [5.74, 6) is -3.34. The van der Waals surface area contributed by atoms with Gasteiger partial charge >= 0.3 is 17.9 Å². The highest BCUT2D eigenvalue weighted by Gasteiger charge is 2.80. The van der Waals surface area contributed by atoms with Crippen LogP contribution in [0.5, 0.6) is 5.75 Å². The summed E-state index contributed by atoms with van der Waals surface area (Å²) in [5, 5.41) is 14.2.